The molecule has 0 radical (unpaired) electrons. The summed E-state index contributed by atoms with van der Waals surface area (Å²) in [7, 11) is -4.43. The quantitative estimate of drug-likeness (QED) is 0.0264. The maximum absolute atomic E-state index is 12.7. The number of hydrogen-bond donors (Lipinski definition) is 2. The SMILES string of the molecule is CC/C=C\C/C=C\C/C=C\C/C=C\C/C=C\C/C=C\C/C=C\C/C=C\C/C=C\C/C=C\C/C=C\C/C=C\CCCCC(=O)OC(COC(=O)CCC/C=C\C/C=C\C/C=C\C/C=C\C/C=C\CC)COP(=O)(O)OCCN. The molecule has 0 aliphatic rings. The van der Waals surface area contributed by atoms with E-state index >= 15 is 0 Å². The van der Waals surface area contributed by atoms with Crippen molar-refractivity contribution in [2.45, 2.75) is 174 Å². The van der Waals surface area contributed by atoms with Crippen LogP contribution in [0.4, 0.5) is 0 Å². The monoisotopic (exact) mass is 1080 g/mol. The lowest BCUT2D eigenvalue weighted by molar-refractivity contribution is -0.161. The number of ether oxygens (including phenoxy) is 2. The van der Waals surface area contributed by atoms with E-state index in [0.717, 1.165) is 122 Å². The molecule has 77 heavy (non-hydrogen) atoms. The van der Waals surface area contributed by atoms with Crippen LogP contribution in [-0.2, 0) is 32.7 Å². The lowest BCUT2D eigenvalue weighted by Crippen LogP contribution is -2.29. The second kappa shape index (κ2) is 59.8. The molecule has 0 spiro atoms. The van der Waals surface area contributed by atoms with Gasteiger partial charge < -0.3 is 20.1 Å². The lowest BCUT2D eigenvalue weighted by Gasteiger charge is -2.19. The Morgan fingerprint density at radius 2 is 0.675 bits per heavy atom. The minimum Gasteiger partial charge on any atom is -0.462 e. The highest BCUT2D eigenvalue weighted by molar-refractivity contribution is 7.47. The smallest absolute Gasteiger partial charge is 0.462 e. The molecule has 426 valence electrons. The standard InChI is InChI=1S/C67H100NO8P/c1-3-5-7-9-11-13-15-17-19-21-22-23-24-25-26-27-28-29-30-31-32-33-34-35-36-37-38-39-40-41-42-44-46-48-50-52-54-56-58-60-67(70)76-65(64-75-77(71,72)74-62-61-68)63-73-66(69)59-57-55-53-51-49-47-45-43-20-18-16-14-12-10-8-6-4-2/h5-8,11-14,17-20,22-23,25-26,28-29,31-32,34-35,37-38,40-41,44-47,50-53,65H,3-4,9-10,15-16,21,24,27,30,33,36,39,42-43,48-49,54-64,68H2,1-2H3,(H,71,72)/b7-5-,8-6-,13-11-,14-12-,19-17-,20-18-,23-22-,26-25-,29-28-,32-31-,35-34-,38-37-,41-40-,46-44-,47-45-,52-50-,53-51-. The van der Waals surface area contributed by atoms with Gasteiger partial charge in [0.25, 0.3) is 0 Å². The van der Waals surface area contributed by atoms with Crippen molar-refractivity contribution in [1.82, 2.24) is 0 Å². The highest BCUT2D eigenvalue weighted by Gasteiger charge is 2.26. The Morgan fingerprint density at radius 3 is 0.987 bits per heavy atom. The number of esters is 2. The summed E-state index contributed by atoms with van der Waals surface area (Å²) in [4.78, 5) is 35.1. The molecular weight excluding hydrogens is 978 g/mol. The summed E-state index contributed by atoms with van der Waals surface area (Å²) in [5.74, 6) is -0.970. The summed E-state index contributed by atoms with van der Waals surface area (Å²) < 4.78 is 32.8. The molecule has 10 heteroatoms. The summed E-state index contributed by atoms with van der Waals surface area (Å²) in [6.07, 6.45) is 93.3. The highest BCUT2D eigenvalue weighted by atomic mass is 31.2. The number of allylic oxidation sites excluding steroid dienone is 34. The fraction of sp³-hybridized carbons (Fsp3) is 0.463. The fourth-order valence-corrected chi connectivity index (χ4v) is 7.30. The minimum absolute atomic E-state index is 0.0262. The number of carbonyl (C=O) groups is 2. The van der Waals surface area contributed by atoms with E-state index in [9.17, 15) is 19.0 Å². The Morgan fingerprint density at radius 1 is 0.390 bits per heavy atom. The second-order valence-electron chi connectivity index (χ2n) is 17.7. The Balaban J connectivity index is 4.19. The third-order valence-electron chi connectivity index (χ3n) is 10.7. The molecule has 0 fully saturated rings. The molecule has 2 atom stereocenters. The number of phosphoric acid groups is 1. The van der Waals surface area contributed by atoms with Gasteiger partial charge in [-0.15, -0.1) is 0 Å². The average Bonchev–Trinajstić information content (AvgIpc) is 3.42. The van der Waals surface area contributed by atoms with Crippen LogP contribution in [0.5, 0.6) is 0 Å². The van der Waals surface area contributed by atoms with E-state index in [-0.39, 0.29) is 32.6 Å². The first-order valence-electron chi connectivity index (χ1n) is 28.6. The van der Waals surface area contributed by atoms with Crippen LogP contribution in [0.3, 0.4) is 0 Å². The Hall–Kier alpha value is -5.41. The molecule has 0 aromatic heterocycles. The number of carbonyl (C=O) groups excluding carboxylic acids is 2. The van der Waals surface area contributed by atoms with E-state index in [1.165, 1.54) is 0 Å². The molecule has 0 rings (SSSR count). The van der Waals surface area contributed by atoms with Crippen LogP contribution in [0, 0.1) is 0 Å². The van der Waals surface area contributed by atoms with Gasteiger partial charge in [0.1, 0.15) is 6.61 Å². The highest BCUT2D eigenvalue weighted by Crippen LogP contribution is 2.43. The van der Waals surface area contributed by atoms with Gasteiger partial charge in [0.15, 0.2) is 6.10 Å². The van der Waals surface area contributed by atoms with Gasteiger partial charge in [-0.2, -0.15) is 0 Å². The van der Waals surface area contributed by atoms with Crippen molar-refractivity contribution >= 4 is 19.8 Å². The summed E-state index contributed by atoms with van der Waals surface area (Å²) in [5, 5.41) is 0. The molecule has 0 aliphatic heterocycles. The van der Waals surface area contributed by atoms with Crippen LogP contribution in [0.2, 0.25) is 0 Å². The van der Waals surface area contributed by atoms with Crippen molar-refractivity contribution in [3.05, 3.63) is 207 Å². The van der Waals surface area contributed by atoms with E-state index in [1.54, 1.807) is 0 Å². The van der Waals surface area contributed by atoms with Crippen molar-refractivity contribution in [2.75, 3.05) is 26.4 Å². The molecule has 0 aliphatic carbocycles. The third kappa shape index (κ3) is 59.7. The summed E-state index contributed by atoms with van der Waals surface area (Å²) in [6.45, 7) is 3.35. The van der Waals surface area contributed by atoms with Crippen molar-refractivity contribution in [3.63, 3.8) is 0 Å². The molecule has 0 amide bonds. The second-order valence-corrected chi connectivity index (χ2v) is 19.1. The maximum atomic E-state index is 12.7. The molecule has 0 saturated heterocycles. The topological polar surface area (TPSA) is 134 Å². The van der Waals surface area contributed by atoms with Crippen LogP contribution in [0.25, 0.3) is 0 Å². The van der Waals surface area contributed by atoms with Gasteiger partial charge in [-0.1, -0.05) is 220 Å². The van der Waals surface area contributed by atoms with Crippen LogP contribution in [0.1, 0.15) is 168 Å². The zero-order valence-electron chi connectivity index (χ0n) is 47.3. The molecule has 0 saturated carbocycles. The fourth-order valence-electron chi connectivity index (χ4n) is 6.53. The van der Waals surface area contributed by atoms with E-state index in [4.69, 9.17) is 24.3 Å². The van der Waals surface area contributed by atoms with Gasteiger partial charge in [0.05, 0.1) is 13.2 Å². The largest absolute Gasteiger partial charge is 0.472 e. The Kier molecular flexibility index (Phi) is 55.6. The summed E-state index contributed by atoms with van der Waals surface area (Å²) in [5.41, 5.74) is 5.36. The van der Waals surface area contributed by atoms with Crippen LogP contribution in [-0.4, -0.2) is 49.3 Å². The van der Waals surface area contributed by atoms with Crippen LogP contribution in [0.15, 0.2) is 207 Å². The average molecular weight is 1080 g/mol. The van der Waals surface area contributed by atoms with Gasteiger partial charge in [-0.05, 0) is 141 Å². The first kappa shape index (κ1) is 71.6. The van der Waals surface area contributed by atoms with Gasteiger partial charge in [-0.25, -0.2) is 4.57 Å². The normalized spacial score (nSPS) is 14.6. The van der Waals surface area contributed by atoms with E-state index in [2.05, 4.69) is 214 Å². The first-order chi connectivity index (χ1) is 37.8. The summed E-state index contributed by atoms with van der Waals surface area (Å²) >= 11 is 0. The van der Waals surface area contributed by atoms with E-state index in [1.807, 2.05) is 6.08 Å². The number of nitrogens with two attached hydrogens (primary N) is 1. The Labute approximate surface area is 468 Å². The van der Waals surface area contributed by atoms with Gasteiger partial charge in [0.2, 0.25) is 0 Å². The van der Waals surface area contributed by atoms with Gasteiger partial charge in [-0.3, -0.25) is 18.6 Å². The van der Waals surface area contributed by atoms with E-state index in [0.29, 0.717) is 19.3 Å². The van der Waals surface area contributed by atoms with Crippen molar-refractivity contribution in [2.24, 2.45) is 5.73 Å². The maximum Gasteiger partial charge on any atom is 0.472 e. The number of unbranched alkanes of at least 4 members (excludes halogenated alkanes) is 3. The Bertz CT molecular complexity index is 2000. The molecule has 3 N–H and O–H groups in total. The van der Waals surface area contributed by atoms with Crippen molar-refractivity contribution < 1.29 is 37.6 Å². The molecule has 0 aromatic carbocycles. The minimum atomic E-state index is -4.43. The van der Waals surface area contributed by atoms with E-state index < -0.39 is 32.5 Å². The predicted octanol–water partition coefficient (Wildman–Crippen LogP) is 18.4. The first-order valence-corrected chi connectivity index (χ1v) is 30.1. The molecule has 9 nitrogen and oxygen atoms in total. The van der Waals surface area contributed by atoms with Crippen LogP contribution < -0.4 is 5.73 Å². The zero-order valence-corrected chi connectivity index (χ0v) is 48.2. The predicted molar refractivity (Wildman–Crippen MR) is 329 cm³/mol. The number of rotatable bonds is 50. The molecule has 2 unspecified atom stereocenters. The molecule has 0 bridgehead atoms. The van der Waals surface area contributed by atoms with Crippen molar-refractivity contribution in [3.8, 4) is 0 Å². The van der Waals surface area contributed by atoms with Gasteiger partial charge in [0, 0.05) is 19.4 Å². The zero-order chi connectivity index (χ0) is 55.9. The number of hydrogen-bond acceptors (Lipinski definition) is 8. The lowest BCUT2D eigenvalue weighted by atomic mass is 10.2. The molecular formula is C67H100NO8P. The van der Waals surface area contributed by atoms with Crippen molar-refractivity contribution in [1.29, 1.82) is 0 Å². The third-order valence-corrected chi connectivity index (χ3v) is 11.6. The molecule has 0 heterocycles. The van der Waals surface area contributed by atoms with Crippen LogP contribution >= 0.6 is 7.82 Å². The van der Waals surface area contributed by atoms with Gasteiger partial charge >= 0.3 is 19.8 Å². The summed E-state index contributed by atoms with van der Waals surface area (Å²) in [6, 6.07) is 0. The number of phosphoric ester groups is 1. The molecule has 0 aromatic rings.